The Labute approximate surface area is 112 Å². The Bertz CT molecular complexity index is 388. The lowest BCUT2D eigenvalue weighted by atomic mass is 9.57. The standard InChI is InChI=1S/C17H28O/c1-6-15(18)17(5)11-14-13(10-12(17)2)8-7-9-16(14,3)4/h12H,6-11H2,1-5H3. The molecule has 0 radical (unpaired) electrons. The summed E-state index contributed by atoms with van der Waals surface area (Å²) in [5.74, 6) is 0.973. The molecule has 2 aliphatic carbocycles. The quantitative estimate of drug-likeness (QED) is 0.635. The molecule has 0 spiro atoms. The highest BCUT2D eigenvalue weighted by Crippen LogP contribution is 2.54. The van der Waals surface area contributed by atoms with Crippen LogP contribution in [0.2, 0.25) is 0 Å². The Morgan fingerprint density at radius 2 is 2.00 bits per heavy atom. The van der Waals surface area contributed by atoms with E-state index in [1.807, 2.05) is 6.92 Å². The average Bonchev–Trinajstić information content (AvgIpc) is 2.30. The predicted octanol–water partition coefficient (Wildman–Crippen LogP) is 4.91. The van der Waals surface area contributed by atoms with E-state index in [0.717, 1.165) is 12.8 Å². The van der Waals surface area contributed by atoms with Crippen molar-refractivity contribution in [3.63, 3.8) is 0 Å². The fraction of sp³-hybridized carbons (Fsp3) is 0.824. The summed E-state index contributed by atoms with van der Waals surface area (Å²) in [5.41, 5.74) is 3.52. The molecule has 0 saturated heterocycles. The first kappa shape index (κ1) is 13.8. The van der Waals surface area contributed by atoms with Gasteiger partial charge < -0.3 is 0 Å². The highest BCUT2D eigenvalue weighted by atomic mass is 16.1. The molecule has 0 fully saturated rings. The highest BCUT2D eigenvalue weighted by molar-refractivity contribution is 5.85. The largest absolute Gasteiger partial charge is 0.299 e. The van der Waals surface area contributed by atoms with Gasteiger partial charge in [0.05, 0.1) is 0 Å². The van der Waals surface area contributed by atoms with Crippen molar-refractivity contribution in [1.29, 1.82) is 0 Å². The van der Waals surface area contributed by atoms with Gasteiger partial charge in [-0.1, -0.05) is 45.8 Å². The van der Waals surface area contributed by atoms with Crippen LogP contribution in [0.1, 0.15) is 73.1 Å². The fourth-order valence-corrected chi connectivity index (χ4v) is 4.03. The minimum absolute atomic E-state index is 0.109. The van der Waals surface area contributed by atoms with E-state index in [-0.39, 0.29) is 5.41 Å². The molecule has 0 heterocycles. The second-order valence-electron chi connectivity index (χ2n) is 7.30. The minimum atomic E-state index is -0.109. The number of rotatable bonds is 2. The first-order valence-corrected chi connectivity index (χ1v) is 7.56. The first-order valence-electron chi connectivity index (χ1n) is 7.56. The van der Waals surface area contributed by atoms with Crippen LogP contribution in [0, 0.1) is 16.7 Å². The molecule has 1 nitrogen and oxygen atoms in total. The van der Waals surface area contributed by atoms with Crippen LogP contribution in [0.3, 0.4) is 0 Å². The molecule has 2 aliphatic rings. The van der Waals surface area contributed by atoms with Gasteiger partial charge in [0.25, 0.3) is 0 Å². The molecule has 2 rings (SSSR count). The van der Waals surface area contributed by atoms with Crippen LogP contribution in [0.5, 0.6) is 0 Å². The van der Waals surface area contributed by atoms with Gasteiger partial charge in [0, 0.05) is 11.8 Å². The molecule has 0 aromatic carbocycles. The molecule has 2 unspecified atom stereocenters. The second-order valence-corrected chi connectivity index (χ2v) is 7.30. The van der Waals surface area contributed by atoms with Crippen molar-refractivity contribution in [3.05, 3.63) is 11.1 Å². The summed E-state index contributed by atoms with van der Waals surface area (Å²) >= 11 is 0. The van der Waals surface area contributed by atoms with Crippen molar-refractivity contribution >= 4 is 5.78 Å². The number of hydrogen-bond acceptors (Lipinski definition) is 1. The van der Waals surface area contributed by atoms with Crippen LogP contribution in [0.15, 0.2) is 11.1 Å². The van der Waals surface area contributed by atoms with E-state index in [0.29, 0.717) is 23.5 Å². The average molecular weight is 248 g/mol. The Kier molecular flexibility index (Phi) is 3.46. The molecule has 0 saturated carbocycles. The van der Waals surface area contributed by atoms with Crippen LogP contribution in [-0.2, 0) is 4.79 Å². The molecule has 1 heteroatoms. The zero-order valence-electron chi connectivity index (χ0n) is 12.7. The Hall–Kier alpha value is -0.590. The number of hydrogen-bond donors (Lipinski definition) is 0. The Balaban J connectivity index is 2.38. The summed E-state index contributed by atoms with van der Waals surface area (Å²) < 4.78 is 0. The Morgan fingerprint density at radius 1 is 1.33 bits per heavy atom. The van der Waals surface area contributed by atoms with Gasteiger partial charge in [0.15, 0.2) is 0 Å². The van der Waals surface area contributed by atoms with Crippen LogP contribution in [0.25, 0.3) is 0 Å². The molecular weight excluding hydrogens is 220 g/mol. The van der Waals surface area contributed by atoms with E-state index in [9.17, 15) is 4.79 Å². The van der Waals surface area contributed by atoms with Gasteiger partial charge in [-0.25, -0.2) is 0 Å². The van der Waals surface area contributed by atoms with Crippen molar-refractivity contribution < 1.29 is 4.79 Å². The summed E-state index contributed by atoms with van der Waals surface area (Å²) in [4.78, 5) is 12.4. The van der Waals surface area contributed by atoms with E-state index >= 15 is 0 Å². The van der Waals surface area contributed by atoms with E-state index in [1.165, 1.54) is 19.3 Å². The number of carbonyl (C=O) groups is 1. The normalized spacial score (nSPS) is 35.3. The van der Waals surface area contributed by atoms with Crippen LogP contribution in [0.4, 0.5) is 0 Å². The summed E-state index contributed by atoms with van der Waals surface area (Å²) in [6.45, 7) is 11.2. The van der Waals surface area contributed by atoms with E-state index < -0.39 is 0 Å². The zero-order chi connectivity index (χ0) is 13.6. The minimum Gasteiger partial charge on any atom is -0.299 e. The number of ketones is 1. The zero-order valence-corrected chi connectivity index (χ0v) is 12.7. The summed E-state index contributed by atoms with van der Waals surface area (Å²) in [6.07, 6.45) is 6.75. The number of allylic oxidation sites excluding steroid dienone is 2. The van der Waals surface area contributed by atoms with Crippen molar-refractivity contribution in [2.24, 2.45) is 16.7 Å². The SMILES string of the molecule is CCC(=O)C1(C)CC2=C(CCCC2(C)C)CC1C. The first-order chi connectivity index (χ1) is 8.31. The molecule has 0 bridgehead atoms. The van der Waals surface area contributed by atoms with Crippen molar-refractivity contribution in [2.75, 3.05) is 0 Å². The highest BCUT2D eigenvalue weighted by Gasteiger charge is 2.45. The molecule has 2 atom stereocenters. The maximum atomic E-state index is 12.4. The van der Waals surface area contributed by atoms with E-state index in [1.54, 1.807) is 11.1 Å². The lowest BCUT2D eigenvalue weighted by Gasteiger charge is -2.47. The summed E-state index contributed by atoms with van der Waals surface area (Å²) in [7, 11) is 0. The van der Waals surface area contributed by atoms with Crippen LogP contribution >= 0.6 is 0 Å². The monoisotopic (exact) mass is 248 g/mol. The van der Waals surface area contributed by atoms with Crippen LogP contribution < -0.4 is 0 Å². The molecule has 0 aliphatic heterocycles. The third-order valence-electron chi connectivity index (χ3n) is 5.67. The molecule has 102 valence electrons. The molecule has 0 aromatic heterocycles. The predicted molar refractivity (Wildman–Crippen MR) is 76.5 cm³/mol. The molecule has 0 amide bonds. The van der Waals surface area contributed by atoms with Gasteiger partial charge >= 0.3 is 0 Å². The topological polar surface area (TPSA) is 17.1 Å². The maximum Gasteiger partial charge on any atom is 0.139 e. The van der Waals surface area contributed by atoms with E-state index in [2.05, 4.69) is 27.7 Å². The fourth-order valence-electron chi connectivity index (χ4n) is 4.03. The lowest BCUT2D eigenvalue weighted by Crippen LogP contribution is -2.41. The molecule has 0 N–H and O–H groups in total. The van der Waals surface area contributed by atoms with Gasteiger partial charge in [-0.2, -0.15) is 0 Å². The van der Waals surface area contributed by atoms with Crippen molar-refractivity contribution in [2.45, 2.75) is 73.1 Å². The van der Waals surface area contributed by atoms with Crippen molar-refractivity contribution in [1.82, 2.24) is 0 Å². The van der Waals surface area contributed by atoms with E-state index in [4.69, 9.17) is 0 Å². The maximum absolute atomic E-state index is 12.4. The molecule has 18 heavy (non-hydrogen) atoms. The lowest BCUT2D eigenvalue weighted by molar-refractivity contribution is -0.130. The van der Waals surface area contributed by atoms with Crippen LogP contribution in [-0.4, -0.2) is 5.78 Å². The van der Waals surface area contributed by atoms with Gasteiger partial charge in [-0.3, -0.25) is 4.79 Å². The van der Waals surface area contributed by atoms with Crippen molar-refractivity contribution in [3.8, 4) is 0 Å². The van der Waals surface area contributed by atoms with Gasteiger partial charge in [-0.15, -0.1) is 0 Å². The molecular formula is C17H28O. The summed E-state index contributed by atoms with van der Waals surface area (Å²) in [6, 6.07) is 0. The van der Waals surface area contributed by atoms with Gasteiger partial charge in [-0.05, 0) is 43.4 Å². The second kappa shape index (κ2) is 4.51. The summed E-state index contributed by atoms with van der Waals surface area (Å²) in [5, 5.41) is 0. The number of carbonyl (C=O) groups excluding carboxylic acids is 1. The number of Topliss-reactive ketones (excluding diaryl/α,β-unsaturated/α-hetero) is 1. The third-order valence-corrected chi connectivity index (χ3v) is 5.67. The smallest absolute Gasteiger partial charge is 0.139 e. The third kappa shape index (κ3) is 2.06. The van der Waals surface area contributed by atoms with Gasteiger partial charge in [0.1, 0.15) is 5.78 Å². The molecule has 0 aromatic rings. The van der Waals surface area contributed by atoms with Gasteiger partial charge in [0.2, 0.25) is 0 Å². The Morgan fingerprint density at radius 3 is 2.61 bits per heavy atom.